The Balaban J connectivity index is 1.81. The van der Waals surface area contributed by atoms with E-state index in [-0.39, 0.29) is 23.9 Å². The third-order valence-corrected chi connectivity index (χ3v) is 6.15. The molecular weight excluding hydrogens is 479 g/mol. The maximum atomic E-state index is 12.5. The Labute approximate surface area is 209 Å². The first-order valence-corrected chi connectivity index (χ1v) is 11.9. The van der Waals surface area contributed by atoms with Crippen molar-refractivity contribution in [2.45, 2.75) is 52.3 Å². The van der Waals surface area contributed by atoms with E-state index in [1.807, 2.05) is 34.6 Å². The van der Waals surface area contributed by atoms with Gasteiger partial charge in [-0.25, -0.2) is 4.79 Å². The molecule has 1 heterocycles. The Morgan fingerprint density at radius 2 is 1.91 bits per heavy atom. The molecule has 1 unspecified atom stereocenters. The zero-order valence-corrected chi connectivity index (χ0v) is 21.5. The molecule has 0 aliphatic carbocycles. The van der Waals surface area contributed by atoms with E-state index in [2.05, 4.69) is 10.2 Å². The van der Waals surface area contributed by atoms with Gasteiger partial charge in [0, 0.05) is 47.5 Å². The number of carbonyl (C=O) groups is 1. The van der Waals surface area contributed by atoms with Gasteiger partial charge in [0.25, 0.3) is 5.69 Å². The van der Waals surface area contributed by atoms with Crippen molar-refractivity contribution < 1.29 is 14.5 Å². The molecule has 8 nitrogen and oxygen atoms in total. The number of hydrogen-bond donors (Lipinski definition) is 1. The number of halogens is 2. The lowest BCUT2D eigenvalue weighted by Gasteiger charge is -2.41. The molecule has 184 valence electrons. The summed E-state index contributed by atoms with van der Waals surface area (Å²) >= 11 is 12.3. The van der Waals surface area contributed by atoms with Crippen LogP contribution in [0.5, 0.6) is 0 Å². The number of nitrogens with zero attached hydrogens (tertiary/aromatic N) is 3. The van der Waals surface area contributed by atoms with Gasteiger partial charge in [0.05, 0.1) is 11.0 Å². The molecule has 1 fully saturated rings. The van der Waals surface area contributed by atoms with Gasteiger partial charge in [-0.2, -0.15) is 0 Å². The number of nitrogens with one attached hydrogen (secondary N) is 1. The fourth-order valence-electron chi connectivity index (χ4n) is 3.97. The Morgan fingerprint density at radius 3 is 2.50 bits per heavy atom. The van der Waals surface area contributed by atoms with Crippen molar-refractivity contribution in [2.75, 3.05) is 29.9 Å². The van der Waals surface area contributed by atoms with Gasteiger partial charge in [0.15, 0.2) is 0 Å². The Kier molecular flexibility index (Phi) is 7.83. The summed E-state index contributed by atoms with van der Waals surface area (Å²) in [6, 6.07) is 9.90. The monoisotopic (exact) mass is 508 g/mol. The molecule has 0 spiro atoms. The predicted molar refractivity (Wildman–Crippen MR) is 136 cm³/mol. The summed E-state index contributed by atoms with van der Waals surface area (Å²) in [7, 11) is 0. The minimum absolute atomic E-state index is 0.00120. The van der Waals surface area contributed by atoms with E-state index in [0.717, 1.165) is 11.3 Å². The van der Waals surface area contributed by atoms with Crippen molar-refractivity contribution in [1.82, 2.24) is 4.90 Å². The first-order valence-electron chi connectivity index (χ1n) is 11.1. The smallest absolute Gasteiger partial charge is 0.410 e. The zero-order valence-electron chi connectivity index (χ0n) is 20.0. The molecule has 0 saturated carbocycles. The van der Waals surface area contributed by atoms with E-state index in [4.69, 9.17) is 27.9 Å². The Morgan fingerprint density at radius 1 is 1.21 bits per heavy atom. The molecule has 34 heavy (non-hydrogen) atoms. The van der Waals surface area contributed by atoms with Crippen LogP contribution in [0.3, 0.4) is 0 Å². The third-order valence-electron chi connectivity index (χ3n) is 5.59. The van der Waals surface area contributed by atoms with Crippen LogP contribution in [0.1, 0.15) is 46.2 Å². The van der Waals surface area contributed by atoms with E-state index in [9.17, 15) is 14.9 Å². The van der Waals surface area contributed by atoms with Gasteiger partial charge < -0.3 is 19.9 Å². The number of nitro groups is 1. The first kappa shape index (κ1) is 25.9. The lowest BCUT2D eigenvalue weighted by atomic mass is 10.1. The van der Waals surface area contributed by atoms with Gasteiger partial charge in [-0.3, -0.25) is 10.1 Å². The van der Waals surface area contributed by atoms with Crippen LogP contribution in [-0.2, 0) is 4.74 Å². The molecule has 2 atom stereocenters. The third kappa shape index (κ3) is 6.24. The zero-order chi connectivity index (χ0) is 25.2. The predicted octanol–water partition coefficient (Wildman–Crippen LogP) is 6.52. The summed E-state index contributed by atoms with van der Waals surface area (Å²) in [6.07, 6.45) is -0.335. The molecule has 1 N–H and O–H groups in total. The second-order valence-corrected chi connectivity index (χ2v) is 10.3. The van der Waals surface area contributed by atoms with Crippen LogP contribution in [0.15, 0.2) is 36.4 Å². The van der Waals surface area contributed by atoms with Crippen LogP contribution in [0, 0.1) is 10.1 Å². The molecule has 1 aliphatic rings. The number of ether oxygens (including phenoxy) is 1. The summed E-state index contributed by atoms with van der Waals surface area (Å²) in [4.78, 5) is 27.6. The van der Waals surface area contributed by atoms with Crippen molar-refractivity contribution in [2.24, 2.45) is 0 Å². The summed E-state index contributed by atoms with van der Waals surface area (Å²) in [5.74, 6) is 0. The quantitative estimate of drug-likeness (QED) is 0.365. The molecule has 2 aromatic rings. The molecule has 1 saturated heterocycles. The number of carbonyl (C=O) groups excluding carboxylic acids is 1. The van der Waals surface area contributed by atoms with E-state index in [1.54, 1.807) is 35.2 Å². The highest BCUT2D eigenvalue weighted by molar-refractivity contribution is 6.35. The fourth-order valence-corrected chi connectivity index (χ4v) is 4.55. The van der Waals surface area contributed by atoms with Gasteiger partial charge in [-0.05, 0) is 64.4 Å². The maximum absolute atomic E-state index is 12.5. The van der Waals surface area contributed by atoms with E-state index >= 15 is 0 Å². The lowest BCUT2D eigenvalue weighted by Crippen LogP contribution is -2.54. The minimum atomic E-state index is -0.555. The molecule has 0 aromatic heterocycles. The van der Waals surface area contributed by atoms with Crippen molar-refractivity contribution in [1.29, 1.82) is 0 Å². The maximum Gasteiger partial charge on any atom is 0.410 e. The molecule has 0 radical (unpaired) electrons. The molecule has 3 rings (SSSR count). The molecule has 10 heteroatoms. The normalized spacial score (nSPS) is 17.3. The van der Waals surface area contributed by atoms with Gasteiger partial charge in [0.1, 0.15) is 11.3 Å². The van der Waals surface area contributed by atoms with Crippen molar-refractivity contribution in [3.63, 3.8) is 0 Å². The SMILES string of the molecule is CC1CN(C(=O)OC(C)(C)C)CCN1c1ccc([N+](=O)[O-])c(N[C@H](C)c2ccc(Cl)cc2Cl)c1. The largest absolute Gasteiger partial charge is 0.444 e. The van der Waals surface area contributed by atoms with Crippen molar-refractivity contribution in [3.8, 4) is 0 Å². The van der Waals surface area contributed by atoms with Crippen LogP contribution in [0.2, 0.25) is 10.0 Å². The molecule has 2 aromatic carbocycles. The van der Waals surface area contributed by atoms with Gasteiger partial charge in [-0.1, -0.05) is 29.3 Å². The van der Waals surface area contributed by atoms with Crippen molar-refractivity contribution in [3.05, 3.63) is 62.1 Å². The average Bonchev–Trinajstić information content (AvgIpc) is 2.72. The number of anilines is 2. The number of piperazine rings is 1. The van der Waals surface area contributed by atoms with Crippen LogP contribution in [-0.4, -0.2) is 47.2 Å². The average molecular weight is 509 g/mol. The number of nitro benzene ring substituents is 1. The second-order valence-electron chi connectivity index (χ2n) is 9.46. The molecule has 1 amide bonds. The fraction of sp³-hybridized carbons (Fsp3) is 0.458. The molecule has 1 aliphatic heterocycles. The highest BCUT2D eigenvalue weighted by Gasteiger charge is 2.31. The summed E-state index contributed by atoms with van der Waals surface area (Å²) < 4.78 is 5.49. The van der Waals surface area contributed by atoms with Crippen LogP contribution >= 0.6 is 23.2 Å². The van der Waals surface area contributed by atoms with Crippen LogP contribution in [0.4, 0.5) is 21.9 Å². The highest BCUT2D eigenvalue weighted by atomic mass is 35.5. The van der Waals surface area contributed by atoms with Gasteiger partial charge in [0.2, 0.25) is 0 Å². The van der Waals surface area contributed by atoms with E-state index in [1.165, 1.54) is 6.07 Å². The number of amides is 1. The Bertz CT molecular complexity index is 1070. The van der Waals surface area contributed by atoms with E-state index in [0.29, 0.717) is 35.4 Å². The standard InChI is InChI=1S/C24H30Cl2N4O4/c1-15-14-28(23(31)34-24(3,4)5)10-11-29(15)18-7-9-22(30(32)33)21(13-18)27-16(2)19-8-6-17(25)12-20(19)26/h6-9,12-13,15-16,27H,10-11,14H2,1-5H3/t15?,16-/m1/s1. The lowest BCUT2D eigenvalue weighted by molar-refractivity contribution is -0.384. The highest BCUT2D eigenvalue weighted by Crippen LogP contribution is 2.35. The molecule has 0 bridgehead atoms. The first-order chi connectivity index (χ1) is 15.9. The van der Waals surface area contributed by atoms with Crippen LogP contribution in [0.25, 0.3) is 0 Å². The van der Waals surface area contributed by atoms with E-state index < -0.39 is 10.5 Å². The topological polar surface area (TPSA) is 88.0 Å². The van der Waals surface area contributed by atoms with Crippen molar-refractivity contribution >= 4 is 46.4 Å². The number of rotatable bonds is 5. The summed E-state index contributed by atoms with van der Waals surface area (Å²) in [5.41, 5.74) is 1.42. The number of hydrogen-bond acceptors (Lipinski definition) is 6. The van der Waals surface area contributed by atoms with Crippen LogP contribution < -0.4 is 10.2 Å². The van der Waals surface area contributed by atoms with Gasteiger partial charge in [-0.15, -0.1) is 0 Å². The summed E-state index contributed by atoms with van der Waals surface area (Å²) in [6.45, 7) is 11.0. The minimum Gasteiger partial charge on any atom is -0.444 e. The van der Waals surface area contributed by atoms with Gasteiger partial charge >= 0.3 is 6.09 Å². The summed E-state index contributed by atoms with van der Waals surface area (Å²) in [5, 5.41) is 15.9. The molecular formula is C24H30Cl2N4O4. The Hall–Kier alpha value is -2.71. The number of benzene rings is 2. The second kappa shape index (κ2) is 10.3.